The molecule has 1 aromatic heterocycles. The first-order valence-electron chi connectivity index (χ1n) is 8.51. The monoisotopic (exact) mass is 319 g/mol. The number of fused-ring (bicyclic) bond motifs is 1. The molecule has 126 valence electrons. The van der Waals surface area contributed by atoms with Gasteiger partial charge in [-0.3, -0.25) is 4.79 Å². The van der Waals surface area contributed by atoms with E-state index in [1.165, 1.54) is 0 Å². The number of hydrogen-bond acceptors (Lipinski definition) is 4. The summed E-state index contributed by atoms with van der Waals surface area (Å²) in [5, 5.41) is 2.98. The predicted octanol–water partition coefficient (Wildman–Crippen LogP) is 2.44. The molecule has 2 heterocycles. The van der Waals surface area contributed by atoms with Crippen LogP contribution < -0.4 is 10.9 Å². The number of hydrogen-bond donors (Lipinski definition) is 1. The first-order chi connectivity index (χ1) is 11.0. The fourth-order valence-electron chi connectivity index (χ4n) is 3.50. The second-order valence-electron chi connectivity index (χ2n) is 7.17. The SMILES string of the molecule is Cc1cc(CCC(C)C)oc(=O)c1C(=O)N[C@@H]1C[C@H]2OCC[C@@H]12. The Kier molecular flexibility index (Phi) is 4.57. The van der Waals surface area contributed by atoms with E-state index in [0.29, 0.717) is 23.2 Å². The van der Waals surface area contributed by atoms with E-state index >= 15 is 0 Å². The topological polar surface area (TPSA) is 68.5 Å². The lowest BCUT2D eigenvalue weighted by molar-refractivity contribution is 0.00804. The quantitative estimate of drug-likeness (QED) is 0.905. The third kappa shape index (κ3) is 3.34. The van der Waals surface area contributed by atoms with E-state index in [4.69, 9.17) is 9.15 Å². The smallest absolute Gasteiger partial charge is 0.349 e. The number of ether oxygens (including phenoxy) is 1. The van der Waals surface area contributed by atoms with Crippen LogP contribution in [0.3, 0.4) is 0 Å². The summed E-state index contributed by atoms with van der Waals surface area (Å²) in [7, 11) is 0. The highest BCUT2D eigenvalue weighted by Crippen LogP contribution is 2.38. The maximum Gasteiger partial charge on any atom is 0.349 e. The van der Waals surface area contributed by atoms with Gasteiger partial charge in [-0.1, -0.05) is 13.8 Å². The molecule has 23 heavy (non-hydrogen) atoms. The Hall–Kier alpha value is -1.62. The molecule has 1 amide bonds. The Balaban J connectivity index is 1.69. The van der Waals surface area contributed by atoms with Crippen molar-refractivity contribution < 1.29 is 13.9 Å². The highest BCUT2D eigenvalue weighted by Gasteiger charge is 2.46. The summed E-state index contributed by atoms with van der Waals surface area (Å²) in [5.74, 6) is 1.29. The molecular formula is C18H25NO4. The first-order valence-corrected chi connectivity index (χ1v) is 8.51. The second-order valence-corrected chi connectivity index (χ2v) is 7.17. The molecule has 0 radical (unpaired) electrons. The lowest BCUT2D eigenvalue weighted by Crippen LogP contribution is -2.54. The van der Waals surface area contributed by atoms with Crippen LogP contribution in [0.2, 0.25) is 0 Å². The van der Waals surface area contributed by atoms with Crippen LogP contribution in [-0.4, -0.2) is 24.7 Å². The van der Waals surface area contributed by atoms with Gasteiger partial charge in [-0.2, -0.15) is 0 Å². The second kappa shape index (κ2) is 6.48. The van der Waals surface area contributed by atoms with Crippen LogP contribution in [0, 0.1) is 18.8 Å². The highest BCUT2D eigenvalue weighted by molar-refractivity contribution is 5.95. The maximum atomic E-state index is 12.4. The van der Waals surface area contributed by atoms with Crippen LogP contribution in [0.25, 0.3) is 0 Å². The molecular weight excluding hydrogens is 294 g/mol. The maximum absolute atomic E-state index is 12.4. The molecule has 1 aliphatic heterocycles. The van der Waals surface area contributed by atoms with E-state index in [1.807, 2.05) is 6.07 Å². The van der Waals surface area contributed by atoms with Gasteiger partial charge in [0, 0.05) is 25.0 Å². The Morgan fingerprint density at radius 2 is 2.22 bits per heavy atom. The van der Waals surface area contributed by atoms with Crippen molar-refractivity contribution in [1.82, 2.24) is 5.32 Å². The van der Waals surface area contributed by atoms with Crippen molar-refractivity contribution in [3.63, 3.8) is 0 Å². The van der Waals surface area contributed by atoms with E-state index in [9.17, 15) is 9.59 Å². The molecule has 1 aromatic rings. The summed E-state index contributed by atoms with van der Waals surface area (Å²) in [6.07, 6.45) is 3.79. The van der Waals surface area contributed by atoms with Crippen molar-refractivity contribution in [3.8, 4) is 0 Å². The van der Waals surface area contributed by atoms with Crippen molar-refractivity contribution in [3.05, 3.63) is 33.4 Å². The number of rotatable bonds is 5. The summed E-state index contributed by atoms with van der Waals surface area (Å²) in [6, 6.07) is 1.94. The van der Waals surface area contributed by atoms with E-state index in [-0.39, 0.29) is 23.6 Å². The minimum atomic E-state index is -0.528. The normalized spacial score (nSPS) is 26.0. The fourth-order valence-corrected chi connectivity index (χ4v) is 3.50. The van der Waals surface area contributed by atoms with Crippen molar-refractivity contribution in [2.24, 2.45) is 11.8 Å². The number of carbonyl (C=O) groups is 1. The van der Waals surface area contributed by atoms with E-state index in [0.717, 1.165) is 32.3 Å². The standard InChI is InChI=1S/C18H25NO4/c1-10(2)4-5-12-8-11(3)16(18(21)23-12)17(20)19-14-9-15-13(14)6-7-22-15/h8,10,13-15H,4-7,9H2,1-3H3,(H,19,20)/t13-,14+,15+/m0/s1. The van der Waals surface area contributed by atoms with Crippen LogP contribution in [-0.2, 0) is 11.2 Å². The summed E-state index contributed by atoms with van der Waals surface area (Å²) < 4.78 is 10.9. The summed E-state index contributed by atoms with van der Waals surface area (Å²) >= 11 is 0. The minimum Gasteiger partial charge on any atom is -0.427 e. The van der Waals surface area contributed by atoms with Crippen LogP contribution in [0.1, 0.15) is 54.8 Å². The van der Waals surface area contributed by atoms with E-state index < -0.39 is 5.63 Å². The average molecular weight is 319 g/mol. The molecule has 0 unspecified atom stereocenters. The Morgan fingerprint density at radius 3 is 2.87 bits per heavy atom. The van der Waals surface area contributed by atoms with Gasteiger partial charge in [0.25, 0.3) is 5.91 Å². The van der Waals surface area contributed by atoms with Crippen molar-refractivity contribution >= 4 is 5.91 Å². The van der Waals surface area contributed by atoms with Gasteiger partial charge in [0.1, 0.15) is 11.3 Å². The number of amides is 1. The van der Waals surface area contributed by atoms with E-state index in [2.05, 4.69) is 19.2 Å². The van der Waals surface area contributed by atoms with Gasteiger partial charge in [0.2, 0.25) is 0 Å². The number of aryl methyl sites for hydroxylation is 2. The molecule has 3 atom stereocenters. The molecule has 0 spiro atoms. The van der Waals surface area contributed by atoms with Gasteiger partial charge < -0.3 is 14.5 Å². The van der Waals surface area contributed by atoms with Crippen molar-refractivity contribution in [2.45, 2.75) is 58.6 Å². The van der Waals surface area contributed by atoms with Crippen LogP contribution in [0.4, 0.5) is 0 Å². The van der Waals surface area contributed by atoms with Crippen LogP contribution in [0.15, 0.2) is 15.3 Å². The molecule has 1 saturated carbocycles. The summed E-state index contributed by atoms with van der Waals surface area (Å²) in [6.45, 7) is 6.83. The van der Waals surface area contributed by atoms with Crippen molar-refractivity contribution in [2.75, 3.05) is 6.61 Å². The summed E-state index contributed by atoms with van der Waals surface area (Å²) in [5.41, 5.74) is 0.302. The molecule has 5 heteroatoms. The highest BCUT2D eigenvalue weighted by atomic mass is 16.5. The third-order valence-corrected chi connectivity index (χ3v) is 4.98. The molecule has 0 bridgehead atoms. The van der Waals surface area contributed by atoms with E-state index in [1.54, 1.807) is 6.92 Å². The van der Waals surface area contributed by atoms with Gasteiger partial charge in [-0.25, -0.2) is 4.79 Å². The zero-order valence-electron chi connectivity index (χ0n) is 14.1. The molecule has 5 nitrogen and oxygen atoms in total. The molecule has 0 aromatic carbocycles. The molecule has 1 N–H and O–H groups in total. The van der Waals surface area contributed by atoms with Gasteiger partial charge >= 0.3 is 5.63 Å². The molecule has 3 rings (SSSR count). The van der Waals surface area contributed by atoms with Gasteiger partial charge in [-0.05, 0) is 43.7 Å². The summed E-state index contributed by atoms with van der Waals surface area (Å²) in [4.78, 5) is 24.7. The minimum absolute atomic E-state index is 0.120. The molecule has 2 fully saturated rings. The lowest BCUT2D eigenvalue weighted by atomic mass is 9.76. The van der Waals surface area contributed by atoms with Crippen LogP contribution in [0.5, 0.6) is 0 Å². The zero-order valence-corrected chi connectivity index (χ0v) is 14.1. The number of nitrogens with one attached hydrogen (secondary N) is 1. The predicted molar refractivity (Wildman–Crippen MR) is 86.6 cm³/mol. The Labute approximate surface area is 136 Å². The Bertz CT molecular complexity index is 649. The average Bonchev–Trinajstić information content (AvgIpc) is 2.83. The van der Waals surface area contributed by atoms with Gasteiger partial charge in [0.15, 0.2) is 0 Å². The molecule has 1 saturated heterocycles. The largest absolute Gasteiger partial charge is 0.427 e. The third-order valence-electron chi connectivity index (χ3n) is 4.98. The van der Waals surface area contributed by atoms with Gasteiger partial charge in [0.05, 0.1) is 6.10 Å². The zero-order chi connectivity index (χ0) is 16.6. The van der Waals surface area contributed by atoms with Crippen LogP contribution >= 0.6 is 0 Å². The van der Waals surface area contributed by atoms with Crippen molar-refractivity contribution in [1.29, 1.82) is 0 Å². The molecule has 2 aliphatic rings. The fraction of sp³-hybridized carbons (Fsp3) is 0.667. The Morgan fingerprint density at radius 1 is 1.43 bits per heavy atom. The van der Waals surface area contributed by atoms with Gasteiger partial charge in [-0.15, -0.1) is 0 Å². The molecule has 1 aliphatic carbocycles. The first kappa shape index (κ1) is 16.2. The lowest BCUT2D eigenvalue weighted by Gasteiger charge is -2.39. The number of carbonyl (C=O) groups excluding carboxylic acids is 1.